The molecule has 2 bridgehead atoms. The van der Waals surface area contributed by atoms with E-state index < -0.39 is 26.8 Å². The van der Waals surface area contributed by atoms with Gasteiger partial charge in [0.05, 0.1) is 28.8 Å². The SMILES string of the molecule is CC(=O)N1c2cccc(OC(F)F)c2[C@H]2C[C@@H]1c1nc3ccc(-c4cnc(C(C)(C)OCOP(=O)(O)O)nc4)cc3n12. The quantitative estimate of drug-likeness (QED) is 0.213. The number of hydrogen-bond donors (Lipinski definition) is 2. The molecule has 220 valence electrons. The first kappa shape index (κ1) is 28.3. The zero-order chi connectivity index (χ0) is 30.0. The minimum absolute atomic E-state index is 0.0167. The highest BCUT2D eigenvalue weighted by molar-refractivity contribution is 7.46. The van der Waals surface area contributed by atoms with E-state index in [1.54, 1.807) is 43.3 Å². The Balaban J connectivity index is 1.37. The number of nitrogens with zero attached hydrogens (tertiary/aromatic N) is 5. The number of aromatic nitrogens is 4. The van der Waals surface area contributed by atoms with Crippen LogP contribution in [0.25, 0.3) is 22.2 Å². The number of amides is 1. The van der Waals surface area contributed by atoms with E-state index in [4.69, 9.17) is 24.2 Å². The van der Waals surface area contributed by atoms with Gasteiger partial charge >= 0.3 is 14.4 Å². The third kappa shape index (κ3) is 4.95. The van der Waals surface area contributed by atoms with Crippen LogP contribution in [-0.2, 0) is 24.2 Å². The Kier molecular flexibility index (Phi) is 6.86. The number of carbonyl (C=O) groups excluding carboxylic acids is 1. The van der Waals surface area contributed by atoms with E-state index >= 15 is 0 Å². The van der Waals surface area contributed by atoms with E-state index in [0.717, 1.165) is 11.1 Å². The molecule has 1 amide bonds. The van der Waals surface area contributed by atoms with E-state index in [0.29, 0.717) is 34.6 Å². The second kappa shape index (κ2) is 10.2. The summed E-state index contributed by atoms with van der Waals surface area (Å²) in [6.07, 6.45) is 3.66. The fourth-order valence-corrected chi connectivity index (χ4v) is 5.86. The molecule has 4 aromatic rings. The van der Waals surface area contributed by atoms with Gasteiger partial charge in [0.15, 0.2) is 12.6 Å². The average Bonchev–Trinajstić information content (AvgIpc) is 3.43. The number of hydrogen-bond acceptors (Lipinski definition) is 8. The van der Waals surface area contributed by atoms with Gasteiger partial charge in [-0.3, -0.25) is 9.32 Å². The Labute approximate surface area is 238 Å². The lowest BCUT2D eigenvalue weighted by Crippen LogP contribution is -2.35. The van der Waals surface area contributed by atoms with Crippen molar-refractivity contribution < 1.29 is 41.9 Å². The maximum absolute atomic E-state index is 13.3. The van der Waals surface area contributed by atoms with Crippen molar-refractivity contribution in [2.45, 2.75) is 51.5 Å². The van der Waals surface area contributed by atoms with Gasteiger partial charge in [-0.05, 0) is 43.7 Å². The molecule has 2 aliphatic rings. The number of halogens is 2. The maximum Gasteiger partial charge on any atom is 0.471 e. The molecule has 0 unspecified atom stereocenters. The summed E-state index contributed by atoms with van der Waals surface area (Å²) in [4.78, 5) is 45.7. The van der Waals surface area contributed by atoms with Gasteiger partial charge < -0.3 is 28.7 Å². The first-order valence-electron chi connectivity index (χ1n) is 12.9. The first-order chi connectivity index (χ1) is 19.8. The summed E-state index contributed by atoms with van der Waals surface area (Å²) in [5.74, 6) is 0.716. The number of anilines is 1. The summed E-state index contributed by atoms with van der Waals surface area (Å²) in [5, 5.41) is 0. The highest BCUT2D eigenvalue weighted by Gasteiger charge is 2.47. The van der Waals surface area contributed by atoms with Gasteiger partial charge in [0.2, 0.25) is 5.91 Å². The number of carbonyl (C=O) groups is 1. The Bertz CT molecular complexity index is 1740. The van der Waals surface area contributed by atoms with E-state index in [-0.39, 0.29) is 29.6 Å². The molecule has 2 N–H and O–H groups in total. The van der Waals surface area contributed by atoms with Crippen molar-refractivity contribution in [2.24, 2.45) is 0 Å². The molecule has 12 nitrogen and oxygen atoms in total. The fourth-order valence-electron chi connectivity index (χ4n) is 5.67. The van der Waals surface area contributed by atoms with E-state index in [9.17, 15) is 18.1 Å². The van der Waals surface area contributed by atoms with Crippen LogP contribution in [0.15, 0.2) is 48.8 Å². The molecule has 0 saturated carbocycles. The topological polar surface area (TPSA) is 149 Å². The summed E-state index contributed by atoms with van der Waals surface area (Å²) in [6, 6.07) is 9.68. The largest absolute Gasteiger partial charge is 0.471 e. The van der Waals surface area contributed by atoms with Gasteiger partial charge in [0.25, 0.3) is 0 Å². The van der Waals surface area contributed by atoms with Crippen molar-refractivity contribution in [1.29, 1.82) is 0 Å². The standard InChI is InChI=1S/C27H26F2N5O7P/c1-14(35)33-18-5-4-6-22(41-26(28)29)23(18)20-10-21(33)24-32-17-8-7-15(9-19(17)34(20)24)16-11-30-25(31-12-16)27(2,3)39-13-40-42(36,37)38/h4-9,11-12,20-21,26H,10,13H2,1-3H3,(H2,36,37,38)/t20-,21-/m1/s1. The molecule has 2 aromatic heterocycles. The van der Waals surface area contributed by atoms with Crippen LogP contribution in [0, 0.1) is 0 Å². The molecule has 15 heteroatoms. The van der Waals surface area contributed by atoms with Crippen molar-refractivity contribution in [1.82, 2.24) is 19.5 Å². The monoisotopic (exact) mass is 601 g/mol. The molecule has 0 radical (unpaired) electrons. The summed E-state index contributed by atoms with van der Waals surface area (Å²) in [6.45, 7) is 1.04. The predicted octanol–water partition coefficient (Wildman–Crippen LogP) is 4.81. The molecule has 0 saturated heterocycles. The van der Waals surface area contributed by atoms with E-state index in [1.165, 1.54) is 13.0 Å². The molecule has 0 fully saturated rings. The Morgan fingerprint density at radius 3 is 2.55 bits per heavy atom. The van der Waals surface area contributed by atoms with Gasteiger partial charge in [-0.25, -0.2) is 19.5 Å². The van der Waals surface area contributed by atoms with E-state index in [2.05, 4.69) is 14.5 Å². The highest BCUT2D eigenvalue weighted by atomic mass is 31.2. The number of fused-ring (bicyclic) bond motifs is 9. The molecule has 42 heavy (non-hydrogen) atoms. The van der Waals surface area contributed by atoms with Gasteiger partial charge in [-0.15, -0.1) is 0 Å². The van der Waals surface area contributed by atoms with Gasteiger partial charge in [-0.1, -0.05) is 12.1 Å². The minimum atomic E-state index is -4.69. The molecular weight excluding hydrogens is 575 g/mol. The molecule has 0 aliphatic carbocycles. The molecular formula is C27H26F2N5O7P. The number of rotatable bonds is 8. The van der Waals surface area contributed by atoms with Crippen LogP contribution < -0.4 is 9.64 Å². The summed E-state index contributed by atoms with van der Waals surface area (Å²) in [5.41, 5.74) is 2.80. The molecule has 2 atom stereocenters. The van der Waals surface area contributed by atoms with Crippen molar-refractivity contribution in [3.63, 3.8) is 0 Å². The number of alkyl halides is 2. The lowest BCUT2D eigenvalue weighted by Gasteiger charge is -2.34. The third-order valence-corrected chi connectivity index (χ3v) is 7.88. The van der Waals surface area contributed by atoms with Gasteiger partial charge in [0, 0.05) is 36.9 Å². The van der Waals surface area contributed by atoms with Crippen molar-refractivity contribution in [3.05, 3.63) is 66.0 Å². The van der Waals surface area contributed by atoms with Crippen LogP contribution in [0.1, 0.15) is 56.5 Å². The lowest BCUT2D eigenvalue weighted by molar-refractivity contribution is -0.117. The number of phosphoric ester groups is 1. The summed E-state index contributed by atoms with van der Waals surface area (Å²) < 4.78 is 54.3. The number of phosphoric acid groups is 1. The smallest absolute Gasteiger partial charge is 0.434 e. The molecule has 2 aliphatic heterocycles. The second-order valence-corrected chi connectivity index (χ2v) is 11.7. The van der Waals surface area contributed by atoms with Crippen LogP contribution in [0.2, 0.25) is 0 Å². The molecule has 2 aromatic carbocycles. The molecule has 4 heterocycles. The maximum atomic E-state index is 13.3. The second-order valence-electron chi connectivity index (χ2n) is 10.5. The van der Waals surface area contributed by atoms with Crippen molar-refractivity contribution in [3.8, 4) is 16.9 Å². The van der Waals surface area contributed by atoms with E-state index in [1.807, 2.05) is 22.8 Å². The fraction of sp³-hybridized carbons (Fsp3) is 0.333. The third-order valence-electron chi connectivity index (χ3n) is 7.44. The normalized spacial score (nSPS) is 18.0. The highest BCUT2D eigenvalue weighted by Crippen LogP contribution is 2.55. The first-order valence-corrected chi connectivity index (χ1v) is 14.4. The van der Waals surface area contributed by atoms with Crippen molar-refractivity contribution >= 4 is 30.5 Å². The Hall–Kier alpha value is -3.81. The zero-order valence-electron chi connectivity index (χ0n) is 22.6. The lowest BCUT2D eigenvalue weighted by atomic mass is 9.93. The number of ether oxygens (including phenoxy) is 2. The number of benzene rings is 2. The minimum Gasteiger partial charge on any atom is -0.434 e. The van der Waals surface area contributed by atoms with Crippen LogP contribution >= 0.6 is 7.82 Å². The van der Waals surface area contributed by atoms with Gasteiger partial charge in [-0.2, -0.15) is 8.78 Å². The zero-order valence-corrected chi connectivity index (χ0v) is 23.5. The van der Waals surface area contributed by atoms with Crippen LogP contribution in [0.3, 0.4) is 0 Å². The Morgan fingerprint density at radius 1 is 1.14 bits per heavy atom. The van der Waals surface area contributed by atoms with Gasteiger partial charge in [0.1, 0.15) is 17.2 Å². The van der Waals surface area contributed by atoms with Crippen LogP contribution in [0.5, 0.6) is 5.75 Å². The van der Waals surface area contributed by atoms with Crippen molar-refractivity contribution in [2.75, 3.05) is 11.7 Å². The molecule has 6 rings (SSSR count). The van der Waals surface area contributed by atoms with Crippen LogP contribution in [-0.4, -0.2) is 48.6 Å². The van der Waals surface area contributed by atoms with Crippen LogP contribution in [0.4, 0.5) is 14.5 Å². The number of imidazole rings is 1. The summed E-state index contributed by atoms with van der Waals surface area (Å²) in [7, 11) is -4.69. The average molecular weight is 602 g/mol. The Morgan fingerprint density at radius 2 is 1.88 bits per heavy atom. The predicted molar refractivity (Wildman–Crippen MR) is 145 cm³/mol. The summed E-state index contributed by atoms with van der Waals surface area (Å²) >= 11 is 0. The molecule has 0 spiro atoms.